The standard InChI is InChI=1S/C27H35N3O6S2/c1-17(2)21-14-19(31)13-20-10-6-7-11-37-38-16-23(30-25(21)33)27(35)29-22(12-18-8-4-3-5-9-18)26(34)28-15-24(32)36-20/h3-6,8-10,17,20-23H,7,11-16H2,1-2H3,(H,28,34)(H,29,35)(H,30,33)/b10-6+/t20?,21-,22+,23?/m1/s1. The van der Waals surface area contributed by atoms with Crippen molar-refractivity contribution in [3.05, 3.63) is 48.0 Å². The fraction of sp³-hybridized carbons (Fsp3) is 0.519. The summed E-state index contributed by atoms with van der Waals surface area (Å²) in [4.78, 5) is 65.4. The molecule has 9 nitrogen and oxygen atoms in total. The Morgan fingerprint density at radius 1 is 0.947 bits per heavy atom. The Kier molecular flexibility index (Phi) is 11.7. The van der Waals surface area contributed by atoms with E-state index in [4.69, 9.17) is 4.74 Å². The van der Waals surface area contributed by atoms with E-state index in [2.05, 4.69) is 16.0 Å². The van der Waals surface area contributed by atoms with Crippen LogP contribution in [0, 0.1) is 11.8 Å². The number of nitrogens with one attached hydrogen (secondary N) is 3. The number of amides is 3. The van der Waals surface area contributed by atoms with Crippen LogP contribution in [0.2, 0.25) is 0 Å². The first-order chi connectivity index (χ1) is 18.2. The maximum atomic E-state index is 13.4. The van der Waals surface area contributed by atoms with Crippen molar-refractivity contribution in [2.45, 2.75) is 57.7 Å². The number of benzene rings is 1. The van der Waals surface area contributed by atoms with Crippen molar-refractivity contribution in [2.75, 3.05) is 18.1 Å². The van der Waals surface area contributed by atoms with Crippen LogP contribution in [0.5, 0.6) is 0 Å². The first-order valence-corrected chi connectivity index (χ1v) is 15.3. The highest BCUT2D eigenvalue weighted by Gasteiger charge is 2.32. The molecule has 1 saturated heterocycles. The Hall–Kier alpha value is -2.79. The molecule has 4 atom stereocenters. The number of Topliss-reactive ketones (excluding diaryl/α,β-unsaturated/α-hetero) is 1. The number of hydrogen-bond donors (Lipinski definition) is 3. The maximum Gasteiger partial charge on any atom is 0.326 e. The minimum Gasteiger partial charge on any atom is -0.456 e. The lowest BCUT2D eigenvalue weighted by Crippen LogP contribution is -2.56. The number of ether oxygens (including phenoxy) is 1. The summed E-state index contributed by atoms with van der Waals surface area (Å²) in [7, 11) is 3.00. The summed E-state index contributed by atoms with van der Waals surface area (Å²) in [5, 5.41) is 8.17. The molecule has 0 spiro atoms. The first-order valence-electron chi connectivity index (χ1n) is 12.8. The van der Waals surface area contributed by atoms with Crippen LogP contribution in [0.25, 0.3) is 0 Å². The average Bonchev–Trinajstić information content (AvgIpc) is 2.88. The summed E-state index contributed by atoms with van der Waals surface area (Å²) in [6.07, 6.45) is 3.52. The first kappa shape index (κ1) is 29.8. The molecule has 38 heavy (non-hydrogen) atoms. The van der Waals surface area contributed by atoms with E-state index in [9.17, 15) is 24.0 Å². The quantitative estimate of drug-likeness (QED) is 0.291. The zero-order valence-corrected chi connectivity index (χ0v) is 23.3. The average molecular weight is 562 g/mol. The van der Waals surface area contributed by atoms with Gasteiger partial charge in [0.05, 0.1) is 0 Å². The second-order valence-corrected chi connectivity index (χ2v) is 12.3. The fourth-order valence-electron chi connectivity index (χ4n) is 4.16. The number of fused-ring (bicyclic) bond motifs is 7. The number of carbonyl (C=O) groups excluding carboxylic acids is 5. The summed E-state index contributed by atoms with van der Waals surface area (Å²) in [5.41, 5.74) is 0.824. The number of rotatable bonds is 3. The lowest BCUT2D eigenvalue weighted by atomic mass is 9.88. The molecular formula is C27H35N3O6S2. The van der Waals surface area contributed by atoms with E-state index >= 15 is 0 Å². The van der Waals surface area contributed by atoms with Crippen molar-refractivity contribution in [3.8, 4) is 0 Å². The monoisotopic (exact) mass is 561 g/mol. The van der Waals surface area contributed by atoms with Crippen molar-refractivity contribution >= 4 is 51.1 Å². The Balaban J connectivity index is 1.96. The van der Waals surface area contributed by atoms with Gasteiger partial charge in [-0.25, -0.2) is 0 Å². The molecule has 3 amide bonds. The second-order valence-electron chi connectivity index (χ2n) is 9.68. The molecule has 3 N–H and O–H groups in total. The van der Waals surface area contributed by atoms with Gasteiger partial charge in [0.2, 0.25) is 17.7 Å². The highest BCUT2D eigenvalue weighted by Crippen LogP contribution is 2.25. The molecule has 1 fully saturated rings. The second kappa shape index (κ2) is 15.0. The molecule has 0 aromatic heterocycles. The highest BCUT2D eigenvalue weighted by atomic mass is 33.1. The number of hydrogen-bond acceptors (Lipinski definition) is 8. The van der Waals surface area contributed by atoms with Gasteiger partial charge in [-0.2, -0.15) is 0 Å². The summed E-state index contributed by atoms with van der Waals surface area (Å²) in [6, 6.07) is 7.32. The van der Waals surface area contributed by atoms with Gasteiger partial charge < -0.3 is 20.7 Å². The molecule has 1 aromatic rings. The zero-order valence-electron chi connectivity index (χ0n) is 21.6. The van der Waals surface area contributed by atoms with Crippen LogP contribution in [-0.2, 0) is 35.1 Å². The Bertz CT molecular complexity index is 1030. The SMILES string of the molecule is CC(C)[C@H]1CC(=O)CC2/C=C/CCSSCC(NC1=O)C(=O)N[C@@H](Cc1ccccc1)C(=O)NCC(=O)O2. The normalized spacial score (nSPS) is 27.5. The van der Waals surface area contributed by atoms with E-state index in [1.165, 1.54) is 10.8 Å². The van der Waals surface area contributed by atoms with E-state index in [1.54, 1.807) is 16.9 Å². The Labute approximate surface area is 231 Å². The highest BCUT2D eigenvalue weighted by molar-refractivity contribution is 8.76. The third-order valence-corrected chi connectivity index (χ3v) is 8.74. The number of carbonyl (C=O) groups is 5. The van der Waals surface area contributed by atoms with Gasteiger partial charge in [-0.05, 0) is 24.0 Å². The molecule has 0 radical (unpaired) electrons. The van der Waals surface area contributed by atoms with Crippen molar-refractivity contribution in [2.24, 2.45) is 11.8 Å². The Morgan fingerprint density at radius 2 is 1.71 bits per heavy atom. The largest absolute Gasteiger partial charge is 0.456 e. The lowest BCUT2D eigenvalue weighted by Gasteiger charge is -2.26. The molecule has 2 aliphatic rings. The predicted molar refractivity (Wildman–Crippen MR) is 148 cm³/mol. The van der Waals surface area contributed by atoms with Crippen molar-refractivity contribution in [1.82, 2.24) is 16.0 Å². The number of allylic oxidation sites excluding steroid dienone is 1. The summed E-state index contributed by atoms with van der Waals surface area (Å²) in [5.74, 6) is -2.17. The molecule has 206 valence electrons. The van der Waals surface area contributed by atoms with Gasteiger partial charge in [-0.1, -0.05) is 71.8 Å². The molecule has 2 bridgehead atoms. The molecule has 2 heterocycles. The van der Waals surface area contributed by atoms with Crippen molar-refractivity contribution in [1.29, 1.82) is 0 Å². The van der Waals surface area contributed by atoms with E-state index in [-0.39, 0.29) is 36.7 Å². The molecule has 3 rings (SSSR count). The summed E-state index contributed by atoms with van der Waals surface area (Å²) >= 11 is 0. The number of ketones is 1. The van der Waals surface area contributed by atoms with Crippen LogP contribution in [0.4, 0.5) is 0 Å². The van der Waals surface area contributed by atoms with Gasteiger partial charge in [-0.3, -0.25) is 24.0 Å². The van der Waals surface area contributed by atoms with Crippen LogP contribution < -0.4 is 16.0 Å². The van der Waals surface area contributed by atoms with E-state index in [0.29, 0.717) is 6.42 Å². The van der Waals surface area contributed by atoms with Gasteiger partial charge in [0.1, 0.15) is 30.5 Å². The summed E-state index contributed by atoms with van der Waals surface area (Å²) in [6.45, 7) is 3.29. The Morgan fingerprint density at radius 3 is 2.45 bits per heavy atom. The van der Waals surface area contributed by atoms with Gasteiger partial charge in [-0.15, -0.1) is 0 Å². The van der Waals surface area contributed by atoms with Crippen molar-refractivity contribution < 1.29 is 28.7 Å². The molecular weight excluding hydrogens is 526 g/mol. The predicted octanol–water partition coefficient (Wildman–Crippen LogP) is 2.20. The molecule has 2 unspecified atom stereocenters. The molecule has 1 aromatic carbocycles. The van der Waals surface area contributed by atoms with Crippen LogP contribution in [-0.4, -0.2) is 65.7 Å². The third kappa shape index (κ3) is 9.50. The van der Waals surface area contributed by atoms with Crippen LogP contribution in [0.1, 0.15) is 38.7 Å². The molecule has 0 aliphatic carbocycles. The minimum absolute atomic E-state index is 0.0327. The molecule has 0 saturated carbocycles. The van der Waals surface area contributed by atoms with E-state index in [1.807, 2.05) is 50.3 Å². The van der Waals surface area contributed by atoms with Crippen LogP contribution in [0.15, 0.2) is 42.5 Å². The molecule has 11 heteroatoms. The van der Waals surface area contributed by atoms with Gasteiger partial charge in [0.15, 0.2) is 0 Å². The van der Waals surface area contributed by atoms with Crippen LogP contribution >= 0.6 is 21.6 Å². The lowest BCUT2D eigenvalue weighted by molar-refractivity contribution is -0.148. The zero-order chi connectivity index (χ0) is 27.5. The fourth-order valence-corrected chi connectivity index (χ4v) is 6.31. The van der Waals surface area contributed by atoms with E-state index in [0.717, 1.165) is 11.3 Å². The van der Waals surface area contributed by atoms with Gasteiger partial charge in [0, 0.05) is 36.7 Å². The smallest absolute Gasteiger partial charge is 0.326 e. The van der Waals surface area contributed by atoms with E-state index < -0.39 is 54.3 Å². The number of esters is 1. The summed E-state index contributed by atoms with van der Waals surface area (Å²) < 4.78 is 5.52. The van der Waals surface area contributed by atoms with Crippen LogP contribution in [0.3, 0.4) is 0 Å². The maximum absolute atomic E-state index is 13.4. The minimum atomic E-state index is -0.975. The topological polar surface area (TPSA) is 131 Å². The van der Waals surface area contributed by atoms with Crippen molar-refractivity contribution in [3.63, 3.8) is 0 Å². The van der Waals surface area contributed by atoms with Gasteiger partial charge in [0.25, 0.3) is 0 Å². The van der Waals surface area contributed by atoms with Gasteiger partial charge >= 0.3 is 5.97 Å². The third-order valence-electron chi connectivity index (χ3n) is 6.29. The molecule has 2 aliphatic heterocycles.